The summed E-state index contributed by atoms with van der Waals surface area (Å²) in [6.07, 6.45) is 2.05. The van der Waals surface area contributed by atoms with E-state index in [1.165, 1.54) is 0 Å². The predicted molar refractivity (Wildman–Crippen MR) is 97.9 cm³/mol. The number of carbonyl (C=O) groups is 3. The second-order valence-electron chi connectivity index (χ2n) is 5.98. The molecule has 0 aliphatic heterocycles. The Hall–Kier alpha value is -2.95. The molecular weight excluding hydrogens is 332 g/mol. The molecule has 136 valence electrons. The lowest BCUT2D eigenvalue weighted by atomic mass is 10.0. The molecule has 0 atom stereocenters. The number of carbonyl (C=O) groups excluding carboxylic acids is 2. The van der Waals surface area contributed by atoms with E-state index in [9.17, 15) is 14.4 Å². The highest BCUT2D eigenvalue weighted by Crippen LogP contribution is 2.19. The molecule has 2 aromatic rings. The average Bonchev–Trinajstić information content (AvgIpc) is 2.66. The van der Waals surface area contributed by atoms with E-state index in [0.717, 1.165) is 11.1 Å². The molecule has 0 aromatic heterocycles. The molecular formula is C21H22O5. The Kier molecular flexibility index (Phi) is 7.55. The minimum Gasteiger partial charge on any atom is -0.481 e. The monoisotopic (exact) mass is 354 g/mol. The smallest absolute Gasteiger partial charge is 0.306 e. The molecule has 1 N–H and O–H groups in total. The number of carboxylic acids is 1. The molecule has 0 spiro atoms. The molecule has 5 heteroatoms. The molecule has 0 unspecified atom stereocenters. The first kappa shape index (κ1) is 19.4. The summed E-state index contributed by atoms with van der Waals surface area (Å²) >= 11 is 0. The number of esters is 1. The van der Waals surface area contributed by atoms with Gasteiger partial charge in [0.15, 0.2) is 12.4 Å². The van der Waals surface area contributed by atoms with Crippen molar-refractivity contribution in [1.29, 1.82) is 0 Å². The van der Waals surface area contributed by atoms with Crippen molar-refractivity contribution in [2.24, 2.45) is 0 Å². The Labute approximate surface area is 152 Å². The molecule has 0 amide bonds. The maximum atomic E-state index is 12.1. The molecule has 2 rings (SSSR count). The number of rotatable bonds is 10. The van der Waals surface area contributed by atoms with E-state index >= 15 is 0 Å². The van der Waals surface area contributed by atoms with Crippen LogP contribution in [0, 0.1) is 0 Å². The van der Waals surface area contributed by atoms with Crippen LogP contribution in [0.4, 0.5) is 0 Å². The lowest BCUT2D eigenvalue weighted by molar-refractivity contribution is -0.142. The zero-order valence-corrected chi connectivity index (χ0v) is 14.5. The van der Waals surface area contributed by atoms with Crippen LogP contribution in [-0.4, -0.2) is 29.4 Å². The van der Waals surface area contributed by atoms with Gasteiger partial charge in [-0.15, -0.1) is 0 Å². The largest absolute Gasteiger partial charge is 0.481 e. The van der Waals surface area contributed by atoms with Crippen LogP contribution in [0.5, 0.6) is 0 Å². The van der Waals surface area contributed by atoms with Crippen molar-refractivity contribution in [1.82, 2.24) is 0 Å². The summed E-state index contributed by atoms with van der Waals surface area (Å²) in [6, 6.07) is 17.0. The molecule has 26 heavy (non-hydrogen) atoms. The highest BCUT2D eigenvalue weighted by molar-refractivity contribution is 5.98. The van der Waals surface area contributed by atoms with Crippen LogP contribution >= 0.6 is 0 Å². The Morgan fingerprint density at radius 2 is 1.38 bits per heavy atom. The summed E-state index contributed by atoms with van der Waals surface area (Å²) in [6.45, 7) is -0.279. The van der Waals surface area contributed by atoms with Crippen LogP contribution in [0.2, 0.25) is 0 Å². The molecule has 5 nitrogen and oxygen atoms in total. The summed E-state index contributed by atoms with van der Waals surface area (Å²) in [5, 5.41) is 8.53. The fraction of sp³-hybridized carbons (Fsp3) is 0.286. The first-order valence-corrected chi connectivity index (χ1v) is 8.62. The maximum Gasteiger partial charge on any atom is 0.306 e. The van der Waals surface area contributed by atoms with Gasteiger partial charge in [0.25, 0.3) is 0 Å². The molecule has 0 aliphatic rings. The van der Waals surface area contributed by atoms with Crippen molar-refractivity contribution in [3.63, 3.8) is 0 Å². The number of unbranched alkanes of at least 4 members (excludes halogenated alkanes) is 2. The summed E-state index contributed by atoms with van der Waals surface area (Å²) in [7, 11) is 0. The van der Waals surface area contributed by atoms with E-state index in [4.69, 9.17) is 9.84 Å². The molecule has 0 fully saturated rings. The molecule has 0 saturated carbocycles. The van der Waals surface area contributed by atoms with E-state index in [-0.39, 0.29) is 25.2 Å². The zero-order valence-electron chi connectivity index (χ0n) is 14.5. The third-order valence-corrected chi connectivity index (χ3v) is 3.95. The molecule has 0 radical (unpaired) electrons. The van der Waals surface area contributed by atoms with E-state index in [1.54, 1.807) is 12.1 Å². The highest BCUT2D eigenvalue weighted by atomic mass is 16.5. The summed E-state index contributed by atoms with van der Waals surface area (Å²) < 4.78 is 5.00. The van der Waals surface area contributed by atoms with Gasteiger partial charge in [-0.05, 0) is 24.0 Å². The topological polar surface area (TPSA) is 80.7 Å². The number of ether oxygens (including phenoxy) is 1. The molecule has 2 aromatic carbocycles. The van der Waals surface area contributed by atoms with Crippen molar-refractivity contribution < 1.29 is 24.2 Å². The van der Waals surface area contributed by atoms with Gasteiger partial charge in [-0.1, -0.05) is 61.0 Å². The summed E-state index contributed by atoms with van der Waals surface area (Å²) in [4.78, 5) is 34.1. The van der Waals surface area contributed by atoms with Gasteiger partial charge in [-0.3, -0.25) is 14.4 Å². The average molecular weight is 354 g/mol. The van der Waals surface area contributed by atoms with Gasteiger partial charge in [-0.25, -0.2) is 0 Å². The highest BCUT2D eigenvalue weighted by Gasteiger charge is 2.10. The predicted octanol–water partition coefficient (Wildman–Crippen LogP) is 4.11. The fourth-order valence-electron chi connectivity index (χ4n) is 2.50. The van der Waals surface area contributed by atoms with Gasteiger partial charge in [0, 0.05) is 18.4 Å². The van der Waals surface area contributed by atoms with Gasteiger partial charge in [0.05, 0.1) is 0 Å². The Morgan fingerprint density at radius 3 is 2.04 bits per heavy atom. The second-order valence-corrected chi connectivity index (χ2v) is 5.98. The van der Waals surface area contributed by atoms with Crippen molar-refractivity contribution >= 4 is 17.7 Å². The second kappa shape index (κ2) is 10.1. The normalized spacial score (nSPS) is 10.3. The van der Waals surface area contributed by atoms with Crippen LogP contribution in [0.1, 0.15) is 42.5 Å². The Morgan fingerprint density at radius 1 is 0.769 bits per heavy atom. The van der Waals surface area contributed by atoms with Gasteiger partial charge in [0.1, 0.15) is 0 Å². The van der Waals surface area contributed by atoms with Crippen LogP contribution in [0.3, 0.4) is 0 Å². The maximum absolute atomic E-state index is 12.1. The lowest BCUT2D eigenvalue weighted by Gasteiger charge is -2.06. The standard InChI is InChI=1S/C21H22O5/c22-19(15-26-21(25)10-6-2-5-9-20(23)24)18-13-11-17(12-14-18)16-7-3-1-4-8-16/h1,3-4,7-8,11-14H,2,5-6,9-10,15H2,(H,23,24). The van der Waals surface area contributed by atoms with Crippen LogP contribution in [0.25, 0.3) is 11.1 Å². The molecule has 0 aliphatic carbocycles. The van der Waals surface area contributed by atoms with Crippen molar-refractivity contribution in [3.8, 4) is 11.1 Å². The number of hydrogen-bond donors (Lipinski definition) is 1. The van der Waals surface area contributed by atoms with Crippen LogP contribution in [-0.2, 0) is 14.3 Å². The first-order chi connectivity index (χ1) is 12.6. The molecule has 0 heterocycles. The SMILES string of the molecule is O=C(O)CCCCCC(=O)OCC(=O)c1ccc(-c2ccccc2)cc1. The first-order valence-electron chi connectivity index (χ1n) is 8.62. The van der Waals surface area contributed by atoms with Crippen LogP contribution in [0.15, 0.2) is 54.6 Å². The van der Waals surface area contributed by atoms with Gasteiger partial charge in [0.2, 0.25) is 0 Å². The number of ketones is 1. The number of hydrogen-bond acceptors (Lipinski definition) is 4. The number of benzene rings is 2. The van der Waals surface area contributed by atoms with Gasteiger partial charge in [-0.2, -0.15) is 0 Å². The van der Waals surface area contributed by atoms with E-state index in [0.29, 0.717) is 24.8 Å². The lowest BCUT2D eigenvalue weighted by Crippen LogP contribution is -2.14. The van der Waals surface area contributed by atoms with Crippen molar-refractivity contribution in [3.05, 3.63) is 60.2 Å². The Balaban J connectivity index is 1.74. The minimum absolute atomic E-state index is 0.104. The third kappa shape index (κ3) is 6.51. The number of Topliss-reactive ketones (excluding diaryl/α,β-unsaturated/α-hetero) is 1. The van der Waals surface area contributed by atoms with Crippen molar-refractivity contribution in [2.45, 2.75) is 32.1 Å². The Bertz CT molecular complexity index is 735. The fourth-order valence-corrected chi connectivity index (χ4v) is 2.50. The van der Waals surface area contributed by atoms with E-state index in [1.807, 2.05) is 42.5 Å². The van der Waals surface area contributed by atoms with Crippen molar-refractivity contribution in [2.75, 3.05) is 6.61 Å². The van der Waals surface area contributed by atoms with Gasteiger partial charge < -0.3 is 9.84 Å². The number of carboxylic acid groups (broad SMARTS) is 1. The van der Waals surface area contributed by atoms with E-state index in [2.05, 4.69) is 0 Å². The van der Waals surface area contributed by atoms with E-state index < -0.39 is 11.9 Å². The van der Waals surface area contributed by atoms with Crippen LogP contribution < -0.4 is 0 Å². The minimum atomic E-state index is -0.837. The zero-order chi connectivity index (χ0) is 18.8. The van der Waals surface area contributed by atoms with Gasteiger partial charge >= 0.3 is 11.9 Å². The summed E-state index contributed by atoms with van der Waals surface area (Å²) in [5.74, 6) is -1.52. The molecule has 0 bridgehead atoms. The summed E-state index contributed by atoms with van der Waals surface area (Å²) in [5.41, 5.74) is 2.58. The quantitative estimate of drug-likeness (QED) is 0.394. The number of aliphatic carboxylic acids is 1. The molecule has 0 saturated heterocycles. The third-order valence-electron chi connectivity index (χ3n) is 3.95.